The summed E-state index contributed by atoms with van der Waals surface area (Å²) in [6, 6.07) is 28.3. The number of amides is 1. The van der Waals surface area contributed by atoms with E-state index < -0.39 is 0 Å². The lowest BCUT2D eigenvalue weighted by atomic mass is 10.1. The van der Waals surface area contributed by atoms with Gasteiger partial charge in [0, 0.05) is 24.3 Å². The van der Waals surface area contributed by atoms with E-state index in [4.69, 9.17) is 4.98 Å². The van der Waals surface area contributed by atoms with Gasteiger partial charge in [-0.3, -0.25) is 4.79 Å². The third kappa shape index (κ3) is 3.60. The predicted molar refractivity (Wildman–Crippen MR) is 122 cm³/mol. The molecule has 1 aliphatic rings. The Hall–Kier alpha value is -3.44. The lowest BCUT2D eigenvalue weighted by Crippen LogP contribution is -2.22. The number of carbonyl (C=O) groups is 1. The first-order valence-electron chi connectivity index (χ1n) is 10.0. The molecule has 0 radical (unpaired) electrons. The number of nitrogens with zero attached hydrogens (tertiary/aromatic N) is 2. The van der Waals surface area contributed by atoms with E-state index in [0.29, 0.717) is 11.4 Å². The molecule has 4 aromatic rings. The second-order valence-electron chi connectivity index (χ2n) is 7.24. The molecule has 3 aromatic carbocycles. The molecule has 2 heterocycles. The number of nitrogens with one attached hydrogen (secondary N) is 1. The minimum Gasteiger partial charge on any atom is -0.347 e. The first-order chi connectivity index (χ1) is 14.8. The number of para-hydroxylation sites is 1. The van der Waals surface area contributed by atoms with Gasteiger partial charge in [0.05, 0.1) is 5.69 Å². The maximum atomic E-state index is 13.1. The van der Waals surface area contributed by atoms with Crippen LogP contribution in [0.2, 0.25) is 0 Å². The number of rotatable bonds is 5. The van der Waals surface area contributed by atoms with Crippen LogP contribution >= 0.6 is 11.3 Å². The SMILES string of the molecule is O=C(NCc1ccccc1)c1sc(N2CCc3ccccc32)nc1-c1ccccc1. The molecule has 0 unspecified atom stereocenters. The van der Waals surface area contributed by atoms with Crippen molar-refractivity contribution in [3.05, 3.63) is 101 Å². The van der Waals surface area contributed by atoms with Crippen molar-refractivity contribution >= 4 is 28.1 Å². The fraction of sp³-hybridized carbons (Fsp3) is 0.120. The van der Waals surface area contributed by atoms with Crippen molar-refractivity contribution in [1.82, 2.24) is 10.3 Å². The van der Waals surface area contributed by atoms with E-state index in [1.807, 2.05) is 60.7 Å². The molecule has 0 aliphatic carbocycles. The van der Waals surface area contributed by atoms with Crippen LogP contribution in [-0.2, 0) is 13.0 Å². The van der Waals surface area contributed by atoms with Crippen LogP contribution in [0.15, 0.2) is 84.9 Å². The smallest absolute Gasteiger partial charge is 0.264 e. The summed E-state index contributed by atoms with van der Waals surface area (Å²) in [4.78, 5) is 20.9. The van der Waals surface area contributed by atoms with Gasteiger partial charge >= 0.3 is 0 Å². The summed E-state index contributed by atoms with van der Waals surface area (Å²) in [7, 11) is 0. The van der Waals surface area contributed by atoms with E-state index >= 15 is 0 Å². The summed E-state index contributed by atoms with van der Waals surface area (Å²) in [5.74, 6) is -0.0889. The topological polar surface area (TPSA) is 45.2 Å². The van der Waals surface area contributed by atoms with E-state index in [2.05, 4.69) is 34.5 Å². The van der Waals surface area contributed by atoms with Gasteiger partial charge in [0.25, 0.3) is 5.91 Å². The molecule has 0 bridgehead atoms. The Morgan fingerprint density at radius 3 is 2.43 bits per heavy atom. The number of hydrogen-bond acceptors (Lipinski definition) is 4. The summed E-state index contributed by atoms with van der Waals surface area (Å²) in [5, 5.41) is 3.93. The molecule has 0 fully saturated rings. The van der Waals surface area contributed by atoms with Gasteiger partial charge in [-0.05, 0) is 23.6 Å². The monoisotopic (exact) mass is 411 g/mol. The van der Waals surface area contributed by atoms with E-state index in [1.165, 1.54) is 22.6 Å². The average molecular weight is 412 g/mol. The summed E-state index contributed by atoms with van der Waals surface area (Å²) in [6.07, 6.45) is 0.992. The predicted octanol–water partition coefficient (Wildman–Crippen LogP) is 5.43. The van der Waals surface area contributed by atoms with Crippen molar-refractivity contribution in [3.8, 4) is 11.3 Å². The van der Waals surface area contributed by atoms with Crippen molar-refractivity contribution in [2.75, 3.05) is 11.4 Å². The summed E-state index contributed by atoms with van der Waals surface area (Å²) >= 11 is 1.46. The maximum absolute atomic E-state index is 13.1. The van der Waals surface area contributed by atoms with E-state index in [9.17, 15) is 4.79 Å². The normalized spacial score (nSPS) is 12.6. The van der Waals surface area contributed by atoms with Gasteiger partial charge < -0.3 is 10.2 Å². The Bertz CT molecular complexity index is 1170. The van der Waals surface area contributed by atoms with E-state index in [0.717, 1.165) is 34.9 Å². The molecule has 0 spiro atoms. The molecule has 4 nitrogen and oxygen atoms in total. The summed E-state index contributed by atoms with van der Waals surface area (Å²) in [6.45, 7) is 1.37. The minimum atomic E-state index is -0.0889. The number of hydrogen-bond donors (Lipinski definition) is 1. The maximum Gasteiger partial charge on any atom is 0.264 e. The van der Waals surface area contributed by atoms with Crippen molar-refractivity contribution < 1.29 is 4.79 Å². The third-order valence-corrected chi connectivity index (χ3v) is 6.36. The van der Waals surface area contributed by atoms with Crippen LogP contribution in [0.1, 0.15) is 20.8 Å². The van der Waals surface area contributed by atoms with Gasteiger partial charge in [0.1, 0.15) is 4.88 Å². The number of fused-ring (bicyclic) bond motifs is 1. The molecule has 5 rings (SSSR count). The Balaban J connectivity index is 1.49. The van der Waals surface area contributed by atoms with Crippen LogP contribution in [0.4, 0.5) is 10.8 Å². The summed E-state index contributed by atoms with van der Waals surface area (Å²) in [5.41, 5.74) is 5.28. The highest BCUT2D eigenvalue weighted by molar-refractivity contribution is 7.18. The van der Waals surface area contributed by atoms with E-state index in [1.54, 1.807) is 0 Å². The Morgan fingerprint density at radius 1 is 0.933 bits per heavy atom. The lowest BCUT2D eigenvalue weighted by molar-refractivity contribution is 0.0955. The van der Waals surface area contributed by atoms with Gasteiger partial charge in [-0.1, -0.05) is 90.2 Å². The molecule has 1 aliphatic heterocycles. The quantitative estimate of drug-likeness (QED) is 0.476. The molecule has 1 aromatic heterocycles. The zero-order valence-corrected chi connectivity index (χ0v) is 17.2. The first-order valence-corrected chi connectivity index (χ1v) is 10.8. The number of aromatic nitrogens is 1. The Labute approximate surface area is 179 Å². The van der Waals surface area contributed by atoms with Gasteiger partial charge in [-0.15, -0.1) is 0 Å². The van der Waals surface area contributed by atoms with Crippen LogP contribution in [0.3, 0.4) is 0 Å². The van der Waals surface area contributed by atoms with Crippen molar-refractivity contribution in [2.24, 2.45) is 0 Å². The largest absolute Gasteiger partial charge is 0.347 e. The zero-order valence-electron chi connectivity index (χ0n) is 16.4. The third-order valence-electron chi connectivity index (χ3n) is 5.28. The van der Waals surface area contributed by atoms with Gasteiger partial charge in [0.2, 0.25) is 0 Å². The Morgan fingerprint density at radius 2 is 1.63 bits per heavy atom. The first kappa shape index (κ1) is 18.6. The number of anilines is 2. The van der Waals surface area contributed by atoms with Crippen molar-refractivity contribution in [1.29, 1.82) is 0 Å². The molecule has 30 heavy (non-hydrogen) atoms. The fourth-order valence-electron chi connectivity index (χ4n) is 3.77. The molecule has 5 heteroatoms. The lowest BCUT2D eigenvalue weighted by Gasteiger charge is -2.15. The Kier molecular flexibility index (Phi) is 5.03. The van der Waals surface area contributed by atoms with E-state index in [-0.39, 0.29) is 5.91 Å². The van der Waals surface area contributed by atoms with Gasteiger partial charge in [0.15, 0.2) is 5.13 Å². The summed E-state index contributed by atoms with van der Waals surface area (Å²) < 4.78 is 0. The average Bonchev–Trinajstić information content (AvgIpc) is 3.43. The van der Waals surface area contributed by atoms with Crippen molar-refractivity contribution in [2.45, 2.75) is 13.0 Å². The second kappa shape index (κ2) is 8.13. The van der Waals surface area contributed by atoms with Gasteiger partial charge in [-0.2, -0.15) is 0 Å². The molecule has 1 amide bonds. The highest BCUT2D eigenvalue weighted by Crippen LogP contribution is 2.40. The number of thiazole rings is 1. The van der Waals surface area contributed by atoms with Gasteiger partial charge in [-0.25, -0.2) is 4.98 Å². The molecule has 1 N–H and O–H groups in total. The highest BCUT2D eigenvalue weighted by atomic mass is 32.1. The van der Waals surface area contributed by atoms with Crippen molar-refractivity contribution in [3.63, 3.8) is 0 Å². The molecule has 0 saturated heterocycles. The number of benzene rings is 3. The fourth-order valence-corrected chi connectivity index (χ4v) is 4.81. The van der Waals surface area contributed by atoms with Crippen LogP contribution in [-0.4, -0.2) is 17.4 Å². The molecule has 148 valence electrons. The molecule has 0 saturated carbocycles. The second-order valence-corrected chi connectivity index (χ2v) is 8.22. The van der Waals surface area contributed by atoms with Crippen LogP contribution in [0.25, 0.3) is 11.3 Å². The minimum absolute atomic E-state index is 0.0889. The highest BCUT2D eigenvalue weighted by Gasteiger charge is 2.26. The molecule has 0 atom stereocenters. The van der Waals surface area contributed by atoms with Crippen LogP contribution in [0, 0.1) is 0 Å². The standard InChI is InChI=1S/C25H21N3OS/c29-24(26-17-18-9-3-1-4-10-18)23-22(20-12-5-2-6-13-20)27-25(30-23)28-16-15-19-11-7-8-14-21(19)28/h1-14H,15-17H2,(H,26,29). The number of carbonyl (C=O) groups excluding carboxylic acids is 1. The molecular formula is C25H21N3OS. The molecular weight excluding hydrogens is 390 g/mol. The van der Waals surface area contributed by atoms with Crippen LogP contribution < -0.4 is 10.2 Å². The zero-order chi connectivity index (χ0) is 20.3. The van der Waals surface area contributed by atoms with Crippen LogP contribution in [0.5, 0.6) is 0 Å².